The van der Waals surface area contributed by atoms with E-state index in [4.69, 9.17) is 5.73 Å². The van der Waals surface area contributed by atoms with Gasteiger partial charge in [0.25, 0.3) is 10.0 Å². The fourth-order valence-electron chi connectivity index (χ4n) is 1.73. The molecule has 7 nitrogen and oxygen atoms in total. The van der Waals surface area contributed by atoms with Crippen LogP contribution in [0.4, 0.5) is 5.82 Å². The fraction of sp³-hybridized carbons (Fsp3) is 0.364. The number of nitrogens with two attached hydrogens (primary N) is 1. The first kappa shape index (κ1) is 13.8. The molecule has 0 amide bonds. The van der Waals surface area contributed by atoms with E-state index in [1.54, 1.807) is 24.4 Å². The fourth-order valence-corrected chi connectivity index (χ4v) is 2.96. The molecule has 0 saturated heterocycles. The van der Waals surface area contributed by atoms with E-state index in [1.807, 2.05) is 19.0 Å². The third-order valence-electron chi connectivity index (χ3n) is 2.62. The van der Waals surface area contributed by atoms with E-state index in [1.165, 1.54) is 4.40 Å². The number of anilines is 1. The largest absolute Gasteiger partial charge is 0.381 e. The van der Waals surface area contributed by atoms with Gasteiger partial charge in [0, 0.05) is 19.3 Å². The van der Waals surface area contributed by atoms with E-state index in [9.17, 15) is 8.42 Å². The molecule has 0 aromatic carbocycles. The summed E-state index contributed by atoms with van der Waals surface area (Å²) in [5.74, 6) is 0.00329. The Labute approximate surface area is 112 Å². The van der Waals surface area contributed by atoms with E-state index in [0.29, 0.717) is 18.7 Å². The molecule has 8 heteroatoms. The molecule has 104 valence electrons. The van der Waals surface area contributed by atoms with Gasteiger partial charge in [-0.05, 0) is 26.2 Å². The number of hydrogen-bond acceptors (Lipinski definition) is 5. The number of likely N-dealkylation sites (N-methyl/N-ethyl adjacent to an activating group) is 1. The molecule has 0 fully saturated rings. The first-order valence-electron chi connectivity index (χ1n) is 5.79. The maximum absolute atomic E-state index is 12.2. The first-order chi connectivity index (χ1) is 8.92. The van der Waals surface area contributed by atoms with Gasteiger partial charge in [-0.15, -0.1) is 0 Å². The molecule has 0 aliphatic rings. The van der Waals surface area contributed by atoms with Crippen molar-refractivity contribution in [2.45, 2.75) is 5.03 Å². The van der Waals surface area contributed by atoms with Crippen molar-refractivity contribution in [2.24, 2.45) is 0 Å². The molecule has 0 atom stereocenters. The Morgan fingerprint density at radius 3 is 2.84 bits per heavy atom. The SMILES string of the molecule is CN(C)CCNS(=O)(=O)c1c(N)nc2ccccn12. The lowest BCUT2D eigenvalue weighted by atomic mass is 10.5. The smallest absolute Gasteiger partial charge is 0.260 e. The Bertz CT molecular complexity index is 677. The van der Waals surface area contributed by atoms with Gasteiger partial charge >= 0.3 is 0 Å². The highest BCUT2D eigenvalue weighted by atomic mass is 32.2. The Balaban J connectivity index is 2.35. The zero-order chi connectivity index (χ0) is 14.0. The number of pyridine rings is 1. The van der Waals surface area contributed by atoms with Gasteiger partial charge in [0.2, 0.25) is 0 Å². The number of nitrogens with one attached hydrogen (secondary N) is 1. The molecule has 19 heavy (non-hydrogen) atoms. The van der Waals surface area contributed by atoms with Crippen LogP contribution in [0, 0.1) is 0 Å². The van der Waals surface area contributed by atoms with E-state index in [2.05, 4.69) is 9.71 Å². The van der Waals surface area contributed by atoms with Gasteiger partial charge in [0.1, 0.15) is 5.65 Å². The lowest BCUT2D eigenvalue weighted by Crippen LogP contribution is -2.32. The second-order valence-electron chi connectivity index (χ2n) is 4.43. The van der Waals surface area contributed by atoms with Crippen molar-refractivity contribution in [3.63, 3.8) is 0 Å². The third-order valence-corrected chi connectivity index (χ3v) is 4.12. The van der Waals surface area contributed by atoms with Gasteiger partial charge < -0.3 is 10.6 Å². The molecule has 3 N–H and O–H groups in total. The van der Waals surface area contributed by atoms with E-state index in [-0.39, 0.29) is 10.8 Å². The number of imidazole rings is 1. The minimum absolute atomic E-state index is 0.00329. The highest BCUT2D eigenvalue weighted by Crippen LogP contribution is 2.19. The van der Waals surface area contributed by atoms with Crippen LogP contribution < -0.4 is 10.5 Å². The van der Waals surface area contributed by atoms with Crippen LogP contribution in [0.2, 0.25) is 0 Å². The predicted molar refractivity (Wildman–Crippen MR) is 73.3 cm³/mol. The molecule has 0 aliphatic carbocycles. The van der Waals surface area contributed by atoms with Crippen LogP contribution in [0.3, 0.4) is 0 Å². The number of sulfonamides is 1. The molecular weight excluding hydrogens is 266 g/mol. The molecule has 2 heterocycles. The number of fused-ring (bicyclic) bond motifs is 1. The van der Waals surface area contributed by atoms with Crippen LogP contribution in [0.5, 0.6) is 0 Å². The molecule has 0 spiro atoms. The predicted octanol–water partition coefficient (Wildman–Crippen LogP) is -0.244. The summed E-state index contributed by atoms with van der Waals surface area (Å²) in [6, 6.07) is 5.21. The molecule has 0 unspecified atom stereocenters. The number of aromatic nitrogens is 2. The zero-order valence-corrected chi connectivity index (χ0v) is 11.7. The van der Waals surface area contributed by atoms with Crippen molar-refractivity contribution < 1.29 is 8.42 Å². The summed E-state index contributed by atoms with van der Waals surface area (Å²) < 4.78 is 28.5. The molecule has 0 aliphatic heterocycles. The molecule has 0 bridgehead atoms. The van der Waals surface area contributed by atoms with Gasteiger partial charge in [-0.1, -0.05) is 6.07 Å². The van der Waals surface area contributed by atoms with Crippen molar-refractivity contribution in [3.05, 3.63) is 24.4 Å². The van der Waals surface area contributed by atoms with Crippen LogP contribution in [0.1, 0.15) is 0 Å². The Kier molecular flexibility index (Phi) is 3.74. The summed E-state index contributed by atoms with van der Waals surface area (Å²) in [5.41, 5.74) is 6.22. The average Bonchev–Trinajstić information content (AvgIpc) is 2.64. The molecular formula is C11H17N5O2S. The van der Waals surface area contributed by atoms with Gasteiger partial charge in [0.05, 0.1) is 0 Å². The second-order valence-corrected chi connectivity index (χ2v) is 6.11. The number of rotatable bonds is 5. The van der Waals surface area contributed by atoms with E-state index in [0.717, 1.165) is 0 Å². The Hall–Kier alpha value is -1.64. The minimum Gasteiger partial charge on any atom is -0.381 e. The second kappa shape index (κ2) is 5.16. The summed E-state index contributed by atoms with van der Waals surface area (Å²) in [7, 11) is 0.0727. The molecule has 2 aromatic heterocycles. The van der Waals surface area contributed by atoms with Crippen molar-refractivity contribution in [1.82, 2.24) is 19.0 Å². The van der Waals surface area contributed by atoms with Crippen LogP contribution in [0.15, 0.2) is 29.4 Å². The third kappa shape index (κ3) is 2.86. The topological polar surface area (TPSA) is 92.7 Å². The normalized spacial score (nSPS) is 12.4. The summed E-state index contributed by atoms with van der Waals surface area (Å²) >= 11 is 0. The maximum Gasteiger partial charge on any atom is 0.260 e. The highest BCUT2D eigenvalue weighted by Gasteiger charge is 2.23. The zero-order valence-electron chi connectivity index (χ0n) is 10.9. The average molecular weight is 283 g/mol. The van der Waals surface area contributed by atoms with Gasteiger partial charge in [-0.3, -0.25) is 4.40 Å². The summed E-state index contributed by atoms with van der Waals surface area (Å²) in [6.07, 6.45) is 1.62. The summed E-state index contributed by atoms with van der Waals surface area (Å²) in [5, 5.41) is -0.0122. The standard InChI is InChI=1S/C11H17N5O2S/c1-15(2)8-6-13-19(17,18)11-10(12)14-9-5-3-4-7-16(9)11/h3-5,7,13H,6,8,12H2,1-2H3. The van der Waals surface area contributed by atoms with Crippen LogP contribution in [-0.2, 0) is 10.0 Å². The van der Waals surface area contributed by atoms with Crippen LogP contribution >= 0.6 is 0 Å². The monoisotopic (exact) mass is 283 g/mol. The maximum atomic E-state index is 12.2. The lowest BCUT2D eigenvalue weighted by molar-refractivity contribution is 0.412. The van der Waals surface area contributed by atoms with Crippen LogP contribution in [-0.4, -0.2) is 49.9 Å². The summed E-state index contributed by atoms with van der Waals surface area (Å²) in [6.45, 7) is 0.921. The Morgan fingerprint density at radius 1 is 1.42 bits per heavy atom. The van der Waals surface area contributed by atoms with Crippen molar-refractivity contribution >= 4 is 21.5 Å². The first-order valence-corrected chi connectivity index (χ1v) is 7.27. The number of nitrogen functional groups attached to an aromatic ring is 1. The van der Waals surface area contributed by atoms with Gasteiger partial charge in [-0.2, -0.15) is 0 Å². The number of nitrogens with zero attached hydrogens (tertiary/aromatic N) is 3. The molecule has 0 saturated carbocycles. The van der Waals surface area contributed by atoms with Gasteiger partial charge in [0.15, 0.2) is 10.8 Å². The molecule has 2 aromatic rings. The van der Waals surface area contributed by atoms with Gasteiger partial charge in [-0.25, -0.2) is 18.1 Å². The van der Waals surface area contributed by atoms with Crippen molar-refractivity contribution in [2.75, 3.05) is 32.9 Å². The van der Waals surface area contributed by atoms with Crippen LogP contribution in [0.25, 0.3) is 5.65 Å². The van der Waals surface area contributed by atoms with E-state index < -0.39 is 10.0 Å². The minimum atomic E-state index is -3.67. The molecule has 2 rings (SSSR count). The van der Waals surface area contributed by atoms with Crippen molar-refractivity contribution in [1.29, 1.82) is 0 Å². The molecule has 0 radical (unpaired) electrons. The Morgan fingerprint density at radius 2 is 2.16 bits per heavy atom. The summed E-state index contributed by atoms with van der Waals surface area (Å²) in [4.78, 5) is 5.92. The lowest BCUT2D eigenvalue weighted by Gasteiger charge is -2.11. The number of hydrogen-bond donors (Lipinski definition) is 2. The van der Waals surface area contributed by atoms with E-state index >= 15 is 0 Å². The highest BCUT2D eigenvalue weighted by molar-refractivity contribution is 7.89. The van der Waals surface area contributed by atoms with Crippen molar-refractivity contribution in [3.8, 4) is 0 Å². The quantitative estimate of drug-likeness (QED) is 0.790.